The summed E-state index contributed by atoms with van der Waals surface area (Å²) in [4.78, 5) is 0. The quantitative estimate of drug-likeness (QED) is 0.720. The van der Waals surface area contributed by atoms with Gasteiger partial charge in [0.25, 0.3) is 0 Å². The summed E-state index contributed by atoms with van der Waals surface area (Å²) in [5.74, 6) is 1.53. The van der Waals surface area contributed by atoms with E-state index in [1.807, 2.05) is 16.7 Å². The van der Waals surface area contributed by atoms with Crippen molar-refractivity contribution in [2.75, 3.05) is 0 Å². The average molecular weight is 240 g/mol. The molecule has 0 amide bonds. The van der Waals surface area contributed by atoms with E-state index in [4.69, 9.17) is 5.26 Å². The second kappa shape index (κ2) is 4.77. The lowest BCUT2D eigenvalue weighted by molar-refractivity contribution is 0.555. The molecule has 0 saturated heterocycles. The molecule has 3 rings (SSSR count). The molecule has 0 atom stereocenters. The van der Waals surface area contributed by atoms with Crippen LogP contribution in [0.25, 0.3) is 5.65 Å². The first-order valence-electron chi connectivity index (χ1n) is 6.63. The van der Waals surface area contributed by atoms with Gasteiger partial charge in [-0.15, -0.1) is 10.2 Å². The van der Waals surface area contributed by atoms with Crippen LogP contribution in [0.2, 0.25) is 0 Å². The molecule has 0 radical (unpaired) electrons. The highest BCUT2D eigenvalue weighted by Crippen LogP contribution is 2.30. The molecular formula is C14H16N4. The number of fused-ring (bicyclic) bond motifs is 1. The number of hydrogen-bond donors (Lipinski definition) is 0. The zero-order valence-corrected chi connectivity index (χ0v) is 10.3. The molecule has 0 aliphatic heterocycles. The van der Waals surface area contributed by atoms with Crippen LogP contribution < -0.4 is 0 Å². The highest BCUT2D eigenvalue weighted by atomic mass is 15.2. The normalized spacial score (nSPS) is 17.5. The van der Waals surface area contributed by atoms with E-state index in [0.717, 1.165) is 11.5 Å². The molecule has 1 aliphatic rings. The minimum atomic E-state index is 0.497. The molecule has 4 heteroatoms. The molecule has 1 aliphatic carbocycles. The van der Waals surface area contributed by atoms with Crippen LogP contribution in [0.4, 0.5) is 0 Å². The Morgan fingerprint density at radius 1 is 1.11 bits per heavy atom. The summed E-state index contributed by atoms with van der Waals surface area (Å²) in [6.45, 7) is 0. The largest absolute Gasteiger partial charge is 0.285 e. The van der Waals surface area contributed by atoms with E-state index in [0.29, 0.717) is 11.5 Å². The standard InChI is InChI=1S/C14H16N4/c15-9-11-7-8-13-16-17-14(18(13)10-11)12-5-3-1-2-4-6-12/h7-8,10,12H,1-6H2. The third kappa shape index (κ3) is 1.97. The third-order valence-corrected chi connectivity index (χ3v) is 3.78. The molecule has 18 heavy (non-hydrogen) atoms. The monoisotopic (exact) mass is 240 g/mol. The lowest BCUT2D eigenvalue weighted by atomic mass is 9.99. The van der Waals surface area contributed by atoms with Gasteiger partial charge in [-0.2, -0.15) is 5.26 Å². The Hall–Kier alpha value is -1.89. The minimum Gasteiger partial charge on any atom is -0.285 e. The summed E-state index contributed by atoms with van der Waals surface area (Å²) < 4.78 is 1.99. The summed E-state index contributed by atoms with van der Waals surface area (Å²) in [6, 6.07) is 5.83. The minimum absolute atomic E-state index is 0.497. The van der Waals surface area contributed by atoms with Gasteiger partial charge in [0.1, 0.15) is 11.9 Å². The van der Waals surface area contributed by atoms with E-state index in [-0.39, 0.29) is 0 Å². The van der Waals surface area contributed by atoms with Crippen molar-refractivity contribution in [3.05, 3.63) is 29.7 Å². The van der Waals surface area contributed by atoms with Gasteiger partial charge in [0, 0.05) is 12.1 Å². The van der Waals surface area contributed by atoms with Crippen LogP contribution in [-0.2, 0) is 0 Å². The van der Waals surface area contributed by atoms with E-state index in [2.05, 4.69) is 16.3 Å². The topological polar surface area (TPSA) is 54.0 Å². The van der Waals surface area contributed by atoms with Crippen LogP contribution in [0.15, 0.2) is 18.3 Å². The van der Waals surface area contributed by atoms with Crippen LogP contribution in [0.1, 0.15) is 55.8 Å². The zero-order valence-electron chi connectivity index (χ0n) is 10.3. The van der Waals surface area contributed by atoms with Gasteiger partial charge in [-0.3, -0.25) is 4.40 Å². The Labute approximate surface area is 106 Å². The Morgan fingerprint density at radius 2 is 1.89 bits per heavy atom. The number of nitriles is 1. The first-order chi connectivity index (χ1) is 8.88. The molecule has 2 aromatic heterocycles. The summed E-state index contributed by atoms with van der Waals surface area (Å²) in [5, 5.41) is 17.5. The first kappa shape index (κ1) is 11.2. The average Bonchev–Trinajstić information content (AvgIpc) is 2.64. The summed E-state index contributed by atoms with van der Waals surface area (Å²) in [7, 11) is 0. The molecule has 0 unspecified atom stereocenters. The number of rotatable bonds is 1. The molecule has 4 nitrogen and oxygen atoms in total. The summed E-state index contributed by atoms with van der Waals surface area (Å²) >= 11 is 0. The van der Waals surface area contributed by atoms with Crippen LogP contribution in [-0.4, -0.2) is 14.6 Å². The maximum Gasteiger partial charge on any atom is 0.160 e. The van der Waals surface area contributed by atoms with E-state index in [9.17, 15) is 0 Å². The highest BCUT2D eigenvalue weighted by Gasteiger charge is 2.19. The van der Waals surface area contributed by atoms with Gasteiger partial charge in [0.05, 0.1) is 5.56 Å². The van der Waals surface area contributed by atoms with Crippen molar-refractivity contribution in [3.63, 3.8) is 0 Å². The number of pyridine rings is 1. The maximum atomic E-state index is 8.98. The molecule has 0 bridgehead atoms. The van der Waals surface area contributed by atoms with Crippen molar-refractivity contribution in [3.8, 4) is 6.07 Å². The molecule has 2 aromatic rings. The highest BCUT2D eigenvalue weighted by molar-refractivity contribution is 5.43. The predicted molar refractivity (Wildman–Crippen MR) is 68.1 cm³/mol. The maximum absolute atomic E-state index is 8.98. The van der Waals surface area contributed by atoms with Crippen molar-refractivity contribution >= 4 is 5.65 Å². The van der Waals surface area contributed by atoms with Gasteiger partial charge < -0.3 is 0 Å². The Bertz CT molecular complexity index is 585. The van der Waals surface area contributed by atoms with Crippen LogP contribution in [0, 0.1) is 11.3 Å². The van der Waals surface area contributed by atoms with Crippen molar-refractivity contribution in [2.24, 2.45) is 0 Å². The molecule has 92 valence electrons. The van der Waals surface area contributed by atoms with E-state index >= 15 is 0 Å². The molecular weight excluding hydrogens is 224 g/mol. The fraction of sp³-hybridized carbons (Fsp3) is 0.500. The van der Waals surface area contributed by atoms with Crippen molar-refractivity contribution in [2.45, 2.75) is 44.4 Å². The SMILES string of the molecule is N#Cc1ccc2nnc(C3CCCCCC3)n2c1. The fourth-order valence-corrected chi connectivity index (χ4v) is 2.79. The van der Waals surface area contributed by atoms with Crippen LogP contribution in [0.3, 0.4) is 0 Å². The van der Waals surface area contributed by atoms with Crippen LogP contribution in [0.5, 0.6) is 0 Å². The van der Waals surface area contributed by atoms with Crippen molar-refractivity contribution in [1.82, 2.24) is 14.6 Å². The van der Waals surface area contributed by atoms with Gasteiger partial charge in [-0.25, -0.2) is 0 Å². The Kier molecular flexibility index (Phi) is 2.97. The molecule has 1 fully saturated rings. The molecule has 1 saturated carbocycles. The zero-order chi connectivity index (χ0) is 12.4. The number of aromatic nitrogens is 3. The molecule has 0 spiro atoms. The van der Waals surface area contributed by atoms with Crippen LogP contribution >= 0.6 is 0 Å². The second-order valence-corrected chi connectivity index (χ2v) is 5.00. The van der Waals surface area contributed by atoms with Crippen molar-refractivity contribution < 1.29 is 0 Å². The predicted octanol–water partition coefficient (Wildman–Crippen LogP) is 3.04. The van der Waals surface area contributed by atoms with E-state index in [1.165, 1.54) is 38.5 Å². The van der Waals surface area contributed by atoms with Gasteiger partial charge in [0.2, 0.25) is 0 Å². The van der Waals surface area contributed by atoms with E-state index in [1.54, 1.807) is 6.07 Å². The van der Waals surface area contributed by atoms with Gasteiger partial charge in [-0.05, 0) is 25.0 Å². The van der Waals surface area contributed by atoms with Gasteiger partial charge >= 0.3 is 0 Å². The summed E-state index contributed by atoms with van der Waals surface area (Å²) in [5.41, 5.74) is 1.51. The lowest BCUT2D eigenvalue weighted by Gasteiger charge is -2.11. The molecule has 0 N–H and O–H groups in total. The number of hydrogen-bond acceptors (Lipinski definition) is 3. The smallest absolute Gasteiger partial charge is 0.160 e. The van der Waals surface area contributed by atoms with E-state index < -0.39 is 0 Å². The Morgan fingerprint density at radius 3 is 2.61 bits per heavy atom. The first-order valence-corrected chi connectivity index (χ1v) is 6.63. The fourth-order valence-electron chi connectivity index (χ4n) is 2.79. The second-order valence-electron chi connectivity index (χ2n) is 5.00. The van der Waals surface area contributed by atoms with Crippen molar-refractivity contribution in [1.29, 1.82) is 5.26 Å². The summed E-state index contributed by atoms with van der Waals surface area (Å²) in [6.07, 6.45) is 9.45. The molecule has 0 aromatic carbocycles. The van der Waals surface area contributed by atoms with Gasteiger partial charge in [0.15, 0.2) is 5.65 Å². The lowest BCUT2D eigenvalue weighted by Crippen LogP contribution is -2.03. The Balaban J connectivity index is 2.02. The number of nitrogens with zero attached hydrogens (tertiary/aromatic N) is 4. The molecule has 2 heterocycles. The van der Waals surface area contributed by atoms with Gasteiger partial charge in [-0.1, -0.05) is 25.7 Å². The third-order valence-electron chi connectivity index (χ3n) is 3.78.